The Bertz CT molecular complexity index is 1030. The quantitative estimate of drug-likeness (QED) is 0.490. The van der Waals surface area contributed by atoms with E-state index < -0.39 is 5.91 Å². The second kappa shape index (κ2) is 11.1. The third kappa shape index (κ3) is 6.69. The molecule has 32 heavy (non-hydrogen) atoms. The van der Waals surface area contributed by atoms with Crippen LogP contribution in [0.3, 0.4) is 0 Å². The summed E-state index contributed by atoms with van der Waals surface area (Å²) in [5.41, 5.74) is 3.49. The Morgan fingerprint density at radius 2 is 1.97 bits per heavy atom. The van der Waals surface area contributed by atoms with E-state index in [2.05, 4.69) is 10.6 Å². The van der Waals surface area contributed by atoms with Crippen LogP contribution in [-0.2, 0) is 14.3 Å². The van der Waals surface area contributed by atoms with Crippen molar-refractivity contribution in [3.63, 3.8) is 0 Å². The molecule has 2 aromatic rings. The van der Waals surface area contributed by atoms with Crippen molar-refractivity contribution in [3.8, 4) is 11.8 Å². The number of nitriles is 1. The van der Waals surface area contributed by atoms with E-state index in [1.807, 2.05) is 32.0 Å². The zero-order chi connectivity index (χ0) is 22.9. The summed E-state index contributed by atoms with van der Waals surface area (Å²) in [6, 6.07) is 14.4. The van der Waals surface area contributed by atoms with Gasteiger partial charge in [-0.25, -0.2) is 0 Å². The van der Waals surface area contributed by atoms with Crippen LogP contribution in [0.1, 0.15) is 29.5 Å². The van der Waals surface area contributed by atoms with E-state index in [1.165, 1.54) is 6.08 Å². The number of aryl methyl sites for hydroxylation is 2. The van der Waals surface area contributed by atoms with E-state index >= 15 is 0 Å². The fourth-order valence-corrected chi connectivity index (χ4v) is 3.23. The van der Waals surface area contributed by atoms with Crippen LogP contribution in [0.5, 0.6) is 5.75 Å². The molecule has 0 aromatic heterocycles. The Hall–Kier alpha value is -3.63. The van der Waals surface area contributed by atoms with Crippen LogP contribution in [0, 0.1) is 25.2 Å². The zero-order valence-corrected chi connectivity index (χ0v) is 18.3. The van der Waals surface area contributed by atoms with Gasteiger partial charge in [0.15, 0.2) is 6.61 Å². The van der Waals surface area contributed by atoms with Crippen molar-refractivity contribution in [1.29, 1.82) is 5.26 Å². The molecule has 0 unspecified atom stereocenters. The minimum Gasteiger partial charge on any atom is -0.484 e. The number of hydrogen-bond acceptors (Lipinski definition) is 5. The normalized spacial score (nSPS) is 15.7. The molecule has 3 rings (SSSR count). The molecule has 2 aromatic carbocycles. The molecule has 7 nitrogen and oxygen atoms in total. The van der Waals surface area contributed by atoms with Crippen LogP contribution in [0.2, 0.25) is 0 Å². The molecule has 1 fully saturated rings. The SMILES string of the molecule is Cc1ccc(NC(=O)/C(C#N)=C/c2ccc(OCC(=O)NC[C@@H]3CCCO3)cc2)cc1C. The second-order valence-corrected chi connectivity index (χ2v) is 7.72. The van der Waals surface area contributed by atoms with E-state index in [0.717, 1.165) is 30.6 Å². The molecule has 7 heteroatoms. The summed E-state index contributed by atoms with van der Waals surface area (Å²) < 4.78 is 11.0. The highest BCUT2D eigenvalue weighted by Gasteiger charge is 2.16. The molecule has 1 aliphatic heterocycles. The first-order valence-corrected chi connectivity index (χ1v) is 10.6. The van der Waals surface area contributed by atoms with Gasteiger partial charge in [-0.2, -0.15) is 5.26 Å². The Kier molecular flexibility index (Phi) is 8.01. The summed E-state index contributed by atoms with van der Waals surface area (Å²) in [5.74, 6) is -0.161. The molecular formula is C25H27N3O4. The van der Waals surface area contributed by atoms with E-state index in [0.29, 0.717) is 23.5 Å². The highest BCUT2D eigenvalue weighted by molar-refractivity contribution is 6.09. The molecule has 0 spiro atoms. The lowest BCUT2D eigenvalue weighted by atomic mass is 10.1. The van der Waals surface area contributed by atoms with Gasteiger partial charge < -0.3 is 20.1 Å². The van der Waals surface area contributed by atoms with Crippen molar-refractivity contribution in [2.45, 2.75) is 32.8 Å². The molecular weight excluding hydrogens is 406 g/mol. The maximum Gasteiger partial charge on any atom is 0.266 e. The van der Waals surface area contributed by atoms with Gasteiger partial charge in [0.2, 0.25) is 0 Å². The summed E-state index contributed by atoms with van der Waals surface area (Å²) in [5, 5.41) is 15.0. The minimum absolute atomic E-state index is 0.00888. The van der Waals surface area contributed by atoms with Crippen LogP contribution in [-0.4, -0.2) is 37.7 Å². The highest BCUT2D eigenvalue weighted by Crippen LogP contribution is 2.17. The van der Waals surface area contributed by atoms with Crippen molar-refractivity contribution in [2.24, 2.45) is 0 Å². The number of ether oxygens (including phenoxy) is 2. The molecule has 166 valence electrons. The molecule has 2 N–H and O–H groups in total. The first-order valence-electron chi connectivity index (χ1n) is 10.6. The van der Waals surface area contributed by atoms with Crippen LogP contribution in [0.4, 0.5) is 5.69 Å². The molecule has 0 bridgehead atoms. The van der Waals surface area contributed by atoms with Crippen LogP contribution < -0.4 is 15.4 Å². The van der Waals surface area contributed by atoms with Crippen LogP contribution in [0.25, 0.3) is 6.08 Å². The first-order chi connectivity index (χ1) is 15.4. The largest absolute Gasteiger partial charge is 0.484 e. The number of carbonyl (C=O) groups excluding carboxylic acids is 2. The van der Waals surface area contributed by atoms with Crippen molar-refractivity contribution < 1.29 is 19.1 Å². The summed E-state index contributed by atoms with van der Waals surface area (Å²) >= 11 is 0. The summed E-state index contributed by atoms with van der Waals surface area (Å²) in [6.45, 7) is 5.10. The summed E-state index contributed by atoms with van der Waals surface area (Å²) in [6.07, 6.45) is 3.59. The number of nitrogens with zero attached hydrogens (tertiary/aromatic N) is 1. The average Bonchev–Trinajstić information content (AvgIpc) is 3.31. The lowest BCUT2D eigenvalue weighted by Crippen LogP contribution is -2.35. The minimum atomic E-state index is -0.473. The Balaban J connectivity index is 1.52. The monoisotopic (exact) mass is 433 g/mol. The standard InChI is InChI=1S/C25H27N3O4/c1-17-5-8-21(12-18(17)2)28-25(30)20(14-26)13-19-6-9-22(10-7-19)32-16-24(29)27-15-23-4-3-11-31-23/h5-10,12-13,23H,3-4,11,15-16H2,1-2H3,(H,27,29)(H,28,30)/b20-13+/t23-/m0/s1. The fraction of sp³-hybridized carbons (Fsp3) is 0.320. The average molecular weight is 434 g/mol. The molecule has 1 atom stereocenters. The molecule has 1 saturated heterocycles. The first kappa shape index (κ1) is 23.0. The zero-order valence-electron chi connectivity index (χ0n) is 18.3. The third-order valence-electron chi connectivity index (χ3n) is 5.24. The smallest absolute Gasteiger partial charge is 0.266 e. The van der Waals surface area contributed by atoms with Gasteiger partial charge in [-0.15, -0.1) is 0 Å². The highest BCUT2D eigenvalue weighted by atomic mass is 16.5. The topological polar surface area (TPSA) is 100 Å². The maximum atomic E-state index is 12.5. The number of rotatable bonds is 8. The maximum absolute atomic E-state index is 12.5. The predicted molar refractivity (Wildman–Crippen MR) is 122 cm³/mol. The molecule has 2 amide bonds. The van der Waals surface area contributed by atoms with Gasteiger partial charge in [0.1, 0.15) is 17.4 Å². The van der Waals surface area contributed by atoms with Crippen molar-refractivity contribution in [3.05, 3.63) is 64.7 Å². The van der Waals surface area contributed by atoms with Gasteiger partial charge in [0.25, 0.3) is 11.8 Å². The van der Waals surface area contributed by atoms with Gasteiger partial charge in [0.05, 0.1) is 6.10 Å². The lowest BCUT2D eigenvalue weighted by molar-refractivity contribution is -0.123. The number of amides is 2. The van der Waals surface area contributed by atoms with Crippen molar-refractivity contribution in [2.75, 3.05) is 25.1 Å². The van der Waals surface area contributed by atoms with E-state index in [-0.39, 0.29) is 24.2 Å². The van der Waals surface area contributed by atoms with Gasteiger partial charge in [-0.3, -0.25) is 9.59 Å². The third-order valence-corrected chi connectivity index (χ3v) is 5.24. The summed E-state index contributed by atoms with van der Waals surface area (Å²) in [7, 11) is 0. The lowest BCUT2D eigenvalue weighted by Gasteiger charge is -2.11. The van der Waals surface area contributed by atoms with E-state index in [1.54, 1.807) is 30.3 Å². The Morgan fingerprint density at radius 3 is 2.62 bits per heavy atom. The van der Waals surface area contributed by atoms with Crippen LogP contribution in [0.15, 0.2) is 48.0 Å². The number of anilines is 1. The Labute approximate surface area is 188 Å². The molecule has 0 saturated carbocycles. The Morgan fingerprint density at radius 1 is 1.19 bits per heavy atom. The number of benzene rings is 2. The van der Waals surface area contributed by atoms with Gasteiger partial charge >= 0.3 is 0 Å². The summed E-state index contributed by atoms with van der Waals surface area (Å²) in [4.78, 5) is 24.4. The number of nitrogens with one attached hydrogen (secondary N) is 2. The second-order valence-electron chi connectivity index (χ2n) is 7.72. The van der Waals surface area contributed by atoms with E-state index in [9.17, 15) is 14.9 Å². The molecule has 0 radical (unpaired) electrons. The number of hydrogen-bond donors (Lipinski definition) is 2. The molecule has 1 aliphatic rings. The van der Waals surface area contributed by atoms with Crippen molar-refractivity contribution >= 4 is 23.6 Å². The molecule has 0 aliphatic carbocycles. The van der Waals surface area contributed by atoms with Crippen molar-refractivity contribution in [1.82, 2.24) is 5.32 Å². The van der Waals surface area contributed by atoms with Gasteiger partial charge in [-0.1, -0.05) is 18.2 Å². The molecule has 1 heterocycles. The predicted octanol–water partition coefficient (Wildman–Crippen LogP) is 3.52. The van der Waals surface area contributed by atoms with Gasteiger partial charge in [-0.05, 0) is 73.7 Å². The van der Waals surface area contributed by atoms with Crippen LogP contribution >= 0.6 is 0 Å². The fourth-order valence-electron chi connectivity index (χ4n) is 3.23. The van der Waals surface area contributed by atoms with E-state index in [4.69, 9.17) is 9.47 Å². The van der Waals surface area contributed by atoms with Gasteiger partial charge in [0, 0.05) is 18.8 Å². The number of carbonyl (C=O) groups is 2.